The molecule has 0 bridgehead atoms. The maximum Gasteiger partial charge on any atom is 0.252 e. The first-order valence-corrected chi connectivity index (χ1v) is 9.02. The van der Waals surface area contributed by atoms with Gasteiger partial charge in [0.15, 0.2) is 17.0 Å². The van der Waals surface area contributed by atoms with Crippen LogP contribution in [0.4, 0.5) is 9.52 Å². The second kappa shape index (κ2) is 5.72. The molecule has 1 atom stereocenters. The van der Waals surface area contributed by atoms with Gasteiger partial charge in [-0.25, -0.2) is 17.8 Å². The van der Waals surface area contributed by atoms with Crippen molar-refractivity contribution < 1.29 is 22.4 Å². The van der Waals surface area contributed by atoms with Gasteiger partial charge in [-0.05, 0) is 25.1 Å². The number of thiazole rings is 1. The highest BCUT2D eigenvalue weighted by atomic mass is 32.2. The summed E-state index contributed by atoms with van der Waals surface area (Å²) >= 11 is 1.19. The Hall–Kier alpha value is -2.17. The molecule has 1 unspecified atom stereocenters. The van der Waals surface area contributed by atoms with Crippen LogP contribution in [0.5, 0.6) is 0 Å². The lowest BCUT2D eigenvalue weighted by molar-refractivity contribution is -0.118. The Bertz CT molecular complexity index is 955. The third-order valence-corrected chi connectivity index (χ3v) is 6.28. The van der Waals surface area contributed by atoms with Crippen LogP contribution in [0.25, 0.3) is 0 Å². The minimum Gasteiger partial charge on any atom is -0.300 e. The summed E-state index contributed by atoms with van der Waals surface area (Å²) in [5, 5.41) is 2.68. The molecule has 0 radical (unpaired) electrons. The van der Waals surface area contributed by atoms with Crippen LogP contribution in [0, 0.1) is 12.7 Å². The van der Waals surface area contributed by atoms with Crippen LogP contribution in [-0.2, 0) is 14.8 Å². The third-order valence-electron chi connectivity index (χ3n) is 3.58. The molecule has 0 spiro atoms. The van der Waals surface area contributed by atoms with Crippen molar-refractivity contribution in [2.24, 2.45) is 0 Å². The number of nitrogens with one attached hydrogen (secondary N) is 1. The van der Waals surface area contributed by atoms with Crippen molar-refractivity contribution in [3.05, 3.63) is 40.7 Å². The van der Waals surface area contributed by atoms with Crippen LogP contribution in [0.15, 0.2) is 29.3 Å². The minimum atomic E-state index is -4.08. The molecule has 2 aromatic rings. The van der Waals surface area contributed by atoms with Gasteiger partial charge in [0.2, 0.25) is 10.0 Å². The first-order chi connectivity index (χ1) is 11.2. The van der Waals surface area contributed by atoms with E-state index in [1.807, 2.05) is 0 Å². The van der Waals surface area contributed by atoms with Gasteiger partial charge in [0.1, 0.15) is 5.82 Å². The highest BCUT2D eigenvalue weighted by Gasteiger charge is 2.45. The van der Waals surface area contributed by atoms with Gasteiger partial charge in [-0.3, -0.25) is 9.59 Å². The van der Waals surface area contributed by atoms with E-state index in [1.54, 1.807) is 6.92 Å². The molecule has 1 aliphatic heterocycles. The Morgan fingerprint density at radius 3 is 2.75 bits per heavy atom. The number of aromatic nitrogens is 1. The van der Waals surface area contributed by atoms with Gasteiger partial charge in [-0.2, -0.15) is 4.31 Å². The summed E-state index contributed by atoms with van der Waals surface area (Å²) in [7, 11) is -2.95. The van der Waals surface area contributed by atoms with Crippen molar-refractivity contribution in [3.8, 4) is 0 Å². The van der Waals surface area contributed by atoms with Crippen molar-refractivity contribution >= 4 is 38.2 Å². The summed E-state index contributed by atoms with van der Waals surface area (Å²) in [4.78, 5) is 29.4. The Morgan fingerprint density at radius 2 is 2.12 bits per heavy atom. The van der Waals surface area contributed by atoms with E-state index in [4.69, 9.17) is 0 Å². The Labute approximate surface area is 141 Å². The van der Waals surface area contributed by atoms with E-state index in [-0.39, 0.29) is 15.6 Å². The number of anilines is 1. The number of likely N-dealkylation sites (N-methyl/N-ethyl adjacent to an activating group) is 1. The molecule has 0 saturated heterocycles. The summed E-state index contributed by atoms with van der Waals surface area (Å²) in [6, 6.07) is 1.19. The number of nitrogens with zero attached hydrogens (tertiary/aromatic N) is 2. The lowest BCUT2D eigenvalue weighted by Crippen LogP contribution is -2.53. The van der Waals surface area contributed by atoms with Crippen LogP contribution in [0.1, 0.15) is 15.2 Å². The van der Waals surface area contributed by atoms with E-state index in [2.05, 4.69) is 10.3 Å². The molecule has 0 aliphatic carbocycles. The number of hydrogen-bond acceptors (Lipinski definition) is 6. The number of rotatable bonds is 2. The fourth-order valence-electron chi connectivity index (χ4n) is 2.40. The first kappa shape index (κ1) is 16.7. The molecule has 2 heterocycles. The molecule has 7 nitrogen and oxygen atoms in total. The molecule has 1 amide bonds. The number of aryl methyl sites for hydroxylation is 1. The largest absolute Gasteiger partial charge is 0.300 e. The lowest BCUT2D eigenvalue weighted by atomic mass is 10.0. The standard InChI is InChI=1S/C14H12FN3O4S2/c1-7-6-16-14(23-7)17-13(20)11-12(19)9-5-8(15)3-4-10(9)24(21,22)18(11)2/h3-6,11H,1-2H3,(H,16,17,20). The molecule has 0 fully saturated rings. The Kier molecular flexibility index (Phi) is 3.98. The molecule has 1 N–H and O–H groups in total. The predicted molar refractivity (Wildman–Crippen MR) is 84.9 cm³/mol. The average Bonchev–Trinajstić information content (AvgIpc) is 2.90. The first-order valence-electron chi connectivity index (χ1n) is 6.77. The third kappa shape index (κ3) is 2.62. The fourth-order valence-corrected chi connectivity index (χ4v) is 4.52. The zero-order chi connectivity index (χ0) is 17.6. The average molecular weight is 369 g/mol. The molecule has 10 heteroatoms. The minimum absolute atomic E-state index is 0.251. The maximum atomic E-state index is 13.4. The molecule has 1 aromatic carbocycles. The van der Waals surface area contributed by atoms with Crippen molar-refractivity contribution in [2.75, 3.05) is 12.4 Å². The van der Waals surface area contributed by atoms with Gasteiger partial charge >= 0.3 is 0 Å². The predicted octanol–water partition coefficient (Wildman–Crippen LogP) is 1.41. The zero-order valence-electron chi connectivity index (χ0n) is 12.6. The van der Waals surface area contributed by atoms with Crippen molar-refractivity contribution in [1.82, 2.24) is 9.29 Å². The highest BCUT2D eigenvalue weighted by Crippen LogP contribution is 2.30. The maximum absolute atomic E-state index is 13.4. The monoisotopic (exact) mass is 369 g/mol. The second-order valence-corrected chi connectivity index (χ2v) is 8.39. The van der Waals surface area contributed by atoms with Crippen LogP contribution in [-0.4, -0.2) is 42.5 Å². The smallest absolute Gasteiger partial charge is 0.252 e. The number of carbonyl (C=O) groups excluding carboxylic acids is 2. The quantitative estimate of drug-likeness (QED) is 0.808. The van der Waals surface area contributed by atoms with Gasteiger partial charge in [-0.1, -0.05) is 0 Å². The van der Waals surface area contributed by atoms with Crippen LogP contribution in [0.2, 0.25) is 0 Å². The van der Waals surface area contributed by atoms with Gasteiger partial charge in [0.25, 0.3) is 5.91 Å². The summed E-state index contributed by atoms with van der Waals surface area (Å²) in [5.41, 5.74) is -0.330. The van der Waals surface area contributed by atoms with Crippen LogP contribution >= 0.6 is 11.3 Å². The fraction of sp³-hybridized carbons (Fsp3) is 0.214. The number of sulfonamides is 1. The van der Waals surface area contributed by atoms with E-state index < -0.39 is 33.6 Å². The van der Waals surface area contributed by atoms with Crippen molar-refractivity contribution in [1.29, 1.82) is 0 Å². The molecule has 3 rings (SSSR count). The highest BCUT2D eigenvalue weighted by molar-refractivity contribution is 7.89. The number of amides is 1. The van der Waals surface area contributed by atoms with E-state index >= 15 is 0 Å². The van der Waals surface area contributed by atoms with E-state index in [1.165, 1.54) is 17.5 Å². The number of carbonyl (C=O) groups is 2. The molecular formula is C14H12FN3O4S2. The normalized spacial score (nSPS) is 19.8. The van der Waals surface area contributed by atoms with E-state index in [0.717, 1.165) is 30.1 Å². The SMILES string of the molecule is Cc1cnc(NC(=O)C2C(=O)c3cc(F)ccc3S(=O)(=O)N2C)s1. The topological polar surface area (TPSA) is 96.4 Å². The Morgan fingerprint density at radius 1 is 1.42 bits per heavy atom. The number of ketones is 1. The number of Topliss-reactive ketones (excluding diaryl/α,β-unsaturated/α-hetero) is 1. The second-order valence-electron chi connectivity index (χ2n) is 5.19. The number of benzene rings is 1. The molecule has 126 valence electrons. The number of fused-ring (bicyclic) bond motifs is 1. The molecule has 1 aliphatic rings. The van der Waals surface area contributed by atoms with Gasteiger partial charge in [0.05, 0.1) is 4.90 Å². The van der Waals surface area contributed by atoms with Crippen molar-refractivity contribution in [2.45, 2.75) is 17.9 Å². The van der Waals surface area contributed by atoms with Gasteiger partial charge < -0.3 is 5.32 Å². The molecule has 24 heavy (non-hydrogen) atoms. The summed E-state index contributed by atoms with van der Waals surface area (Å²) < 4.78 is 39.1. The van der Waals surface area contributed by atoms with Crippen LogP contribution < -0.4 is 5.32 Å². The number of halogens is 1. The molecule has 1 aromatic heterocycles. The summed E-state index contributed by atoms with van der Waals surface area (Å²) in [6.45, 7) is 1.79. The van der Waals surface area contributed by atoms with Crippen molar-refractivity contribution in [3.63, 3.8) is 0 Å². The number of hydrogen-bond donors (Lipinski definition) is 1. The zero-order valence-corrected chi connectivity index (χ0v) is 14.2. The Balaban J connectivity index is 2.03. The van der Waals surface area contributed by atoms with E-state index in [0.29, 0.717) is 4.31 Å². The lowest BCUT2D eigenvalue weighted by Gasteiger charge is -2.30. The van der Waals surface area contributed by atoms with Gasteiger partial charge in [-0.15, -0.1) is 11.3 Å². The molecular weight excluding hydrogens is 357 g/mol. The van der Waals surface area contributed by atoms with Crippen LogP contribution in [0.3, 0.4) is 0 Å². The summed E-state index contributed by atoms with van der Waals surface area (Å²) in [6.07, 6.45) is 1.54. The van der Waals surface area contributed by atoms with Gasteiger partial charge in [0, 0.05) is 23.7 Å². The van der Waals surface area contributed by atoms with E-state index in [9.17, 15) is 22.4 Å². The summed E-state index contributed by atoms with van der Waals surface area (Å²) in [5.74, 6) is -2.38. The molecule has 0 saturated carbocycles.